The molecule has 0 atom stereocenters. The molecule has 0 radical (unpaired) electrons. The summed E-state index contributed by atoms with van der Waals surface area (Å²) in [4.78, 5) is 14.9. The fraction of sp³-hybridized carbons (Fsp3) is 0.500. The molecular weight excluding hydrogens is 140 g/mol. The summed E-state index contributed by atoms with van der Waals surface area (Å²) in [6.07, 6.45) is 5.15. The van der Waals surface area contributed by atoms with E-state index < -0.39 is 0 Å². The van der Waals surface area contributed by atoms with Crippen molar-refractivity contribution >= 4 is 0 Å². The summed E-state index contributed by atoms with van der Waals surface area (Å²) in [5.74, 6) is 0. The maximum absolute atomic E-state index is 10.9. The normalized spacial score (nSPS) is 10.0. The van der Waals surface area contributed by atoms with Crippen molar-refractivity contribution in [1.29, 1.82) is 0 Å². The van der Waals surface area contributed by atoms with Crippen LogP contribution in [-0.2, 0) is 13.5 Å². The predicted octanol–water partition coefficient (Wildman–Crippen LogP) is 0.733. The Kier molecular flexibility index (Phi) is 2.41. The molecule has 1 aromatic rings. The van der Waals surface area contributed by atoms with Crippen molar-refractivity contribution in [2.75, 3.05) is 0 Å². The Hall–Kier alpha value is -1.12. The lowest BCUT2D eigenvalue weighted by Crippen LogP contribution is -2.16. The number of aromatic nitrogens is 2. The summed E-state index contributed by atoms with van der Waals surface area (Å²) in [6, 6.07) is 0. The highest BCUT2D eigenvalue weighted by Crippen LogP contribution is 1.93. The zero-order valence-corrected chi connectivity index (χ0v) is 6.87. The summed E-state index contributed by atoms with van der Waals surface area (Å²) in [7, 11) is 1.74. The molecule has 0 spiro atoms. The Morgan fingerprint density at radius 3 is 2.91 bits per heavy atom. The lowest BCUT2D eigenvalue weighted by Gasteiger charge is -1.99. The molecular formula is C8H12N2O. The van der Waals surface area contributed by atoms with E-state index in [4.69, 9.17) is 0 Å². The highest BCUT2D eigenvalue weighted by Gasteiger charge is 1.93. The van der Waals surface area contributed by atoms with Crippen LogP contribution in [0.2, 0.25) is 0 Å². The first kappa shape index (κ1) is 7.98. The smallest absolute Gasteiger partial charge is 0.268 e. The third-order valence-electron chi connectivity index (χ3n) is 1.54. The highest BCUT2D eigenvalue weighted by atomic mass is 16.1. The minimum absolute atomic E-state index is 0.0511. The van der Waals surface area contributed by atoms with Crippen LogP contribution < -0.4 is 5.56 Å². The second-order valence-corrected chi connectivity index (χ2v) is 2.58. The van der Waals surface area contributed by atoms with E-state index in [1.807, 2.05) is 0 Å². The lowest BCUT2D eigenvalue weighted by atomic mass is 10.3. The molecule has 0 aromatic carbocycles. The van der Waals surface area contributed by atoms with Gasteiger partial charge in [-0.05, 0) is 6.42 Å². The molecule has 0 unspecified atom stereocenters. The summed E-state index contributed by atoms with van der Waals surface area (Å²) >= 11 is 0. The molecule has 3 heteroatoms. The van der Waals surface area contributed by atoms with Crippen LogP contribution in [0, 0.1) is 0 Å². The predicted molar refractivity (Wildman–Crippen MR) is 43.5 cm³/mol. The maximum atomic E-state index is 10.9. The van der Waals surface area contributed by atoms with Crippen LogP contribution in [0.1, 0.15) is 19.0 Å². The average Bonchev–Trinajstić information content (AvgIpc) is 1.98. The van der Waals surface area contributed by atoms with Gasteiger partial charge in [-0.25, -0.2) is 0 Å². The molecule has 0 fully saturated rings. The van der Waals surface area contributed by atoms with Gasteiger partial charge in [-0.1, -0.05) is 13.3 Å². The molecule has 0 N–H and O–H groups in total. The van der Waals surface area contributed by atoms with Crippen LogP contribution in [0.3, 0.4) is 0 Å². The number of rotatable bonds is 2. The number of hydrogen-bond donors (Lipinski definition) is 0. The molecule has 0 aliphatic heterocycles. The van der Waals surface area contributed by atoms with Gasteiger partial charge >= 0.3 is 0 Å². The van der Waals surface area contributed by atoms with Crippen molar-refractivity contribution in [3.8, 4) is 0 Å². The van der Waals surface area contributed by atoms with Gasteiger partial charge < -0.3 is 4.57 Å². The minimum atomic E-state index is -0.0511. The quantitative estimate of drug-likeness (QED) is 0.626. The van der Waals surface area contributed by atoms with Crippen molar-refractivity contribution in [2.45, 2.75) is 19.8 Å². The standard InChI is InChI=1S/C8H12N2O/c1-3-4-7-6-10(2)8(11)5-9-7/h5-6H,3-4H2,1-2H3. The lowest BCUT2D eigenvalue weighted by molar-refractivity contribution is 0.785. The molecule has 1 heterocycles. The summed E-state index contributed by atoms with van der Waals surface area (Å²) in [5, 5.41) is 0. The van der Waals surface area contributed by atoms with Gasteiger partial charge in [0.2, 0.25) is 0 Å². The molecule has 0 aliphatic rings. The topological polar surface area (TPSA) is 34.9 Å². The van der Waals surface area contributed by atoms with Crippen LogP contribution in [0.5, 0.6) is 0 Å². The third kappa shape index (κ3) is 1.90. The zero-order valence-electron chi connectivity index (χ0n) is 6.87. The molecule has 0 bridgehead atoms. The Labute approximate surface area is 65.7 Å². The SMILES string of the molecule is CCCc1cn(C)c(=O)cn1. The fourth-order valence-electron chi connectivity index (χ4n) is 0.935. The fourth-order valence-corrected chi connectivity index (χ4v) is 0.935. The number of hydrogen-bond acceptors (Lipinski definition) is 2. The monoisotopic (exact) mass is 152 g/mol. The van der Waals surface area contributed by atoms with Crippen LogP contribution >= 0.6 is 0 Å². The summed E-state index contributed by atoms with van der Waals surface area (Å²) in [6.45, 7) is 2.09. The van der Waals surface area contributed by atoms with E-state index in [0.29, 0.717) is 0 Å². The second kappa shape index (κ2) is 3.32. The van der Waals surface area contributed by atoms with Gasteiger partial charge in [0.05, 0.1) is 11.9 Å². The van der Waals surface area contributed by atoms with Crippen LogP contribution in [0.15, 0.2) is 17.2 Å². The molecule has 0 saturated carbocycles. The van der Waals surface area contributed by atoms with Gasteiger partial charge in [0.15, 0.2) is 0 Å². The van der Waals surface area contributed by atoms with Crippen LogP contribution in [-0.4, -0.2) is 9.55 Å². The van der Waals surface area contributed by atoms with E-state index in [1.54, 1.807) is 17.8 Å². The largest absolute Gasteiger partial charge is 0.315 e. The molecule has 0 aliphatic carbocycles. The first-order chi connectivity index (χ1) is 5.24. The molecule has 60 valence electrons. The molecule has 0 amide bonds. The molecule has 1 aromatic heterocycles. The zero-order chi connectivity index (χ0) is 8.27. The van der Waals surface area contributed by atoms with Gasteiger partial charge in [-0.3, -0.25) is 9.78 Å². The van der Waals surface area contributed by atoms with Crippen molar-refractivity contribution in [3.05, 3.63) is 28.4 Å². The van der Waals surface area contributed by atoms with Crippen molar-refractivity contribution in [1.82, 2.24) is 9.55 Å². The Morgan fingerprint density at radius 2 is 2.36 bits per heavy atom. The Balaban J connectivity index is 2.96. The highest BCUT2D eigenvalue weighted by molar-refractivity contribution is 4.96. The van der Waals surface area contributed by atoms with Gasteiger partial charge in [0, 0.05) is 13.2 Å². The van der Waals surface area contributed by atoms with E-state index >= 15 is 0 Å². The van der Waals surface area contributed by atoms with E-state index in [-0.39, 0.29) is 5.56 Å². The van der Waals surface area contributed by atoms with Gasteiger partial charge in [-0.15, -0.1) is 0 Å². The molecule has 3 nitrogen and oxygen atoms in total. The maximum Gasteiger partial charge on any atom is 0.268 e. The van der Waals surface area contributed by atoms with E-state index in [2.05, 4.69) is 11.9 Å². The van der Waals surface area contributed by atoms with Gasteiger partial charge in [0.25, 0.3) is 5.56 Å². The number of nitrogens with zero attached hydrogens (tertiary/aromatic N) is 2. The van der Waals surface area contributed by atoms with E-state index in [0.717, 1.165) is 18.5 Å². The summed E-state index contributed by atoms with van der Waals surface area (Å²) < 4.78 is 1.55. The minimum Gasteiger partial charge on any atom is -0.315 e. The van der Waals surface area contributed by atoms with Crippen LogP contribution in [0.4, 0.5) is 0 Å². The van der Waals surface area contributed by atoms with E-state index in [9.17, 15) is 4.79 Å². The first-order valence-electron chi connectivity index (χ1n) is 3.75. The summed E-state index contributed by atoms with van der Waals surface area (Å²) in [5.41, 5.74) is 0.930. The average molecular weight is 152 g/mol. The molecule has 1 rings (SSSR count). The molecule has 11 heavy (non-hydrogen) atoms. The Morgan fingerprint density at radius 1 is 1.64 bits per heavy atom. The third-order valence-corrected chi connectivity index (χ3v) is 1.54. The van der Waals surface area contributed by atoms with Crippen molar-refractivity contribution in [3.63, 3.8) is 0 Å². The first-order valence-corrected chi connectivity index (χ1v) is 3.75. The Bertz CT molecular complexity index is 290. The number of aryl methyl sites for hydroxylation is 2. The van der Waals surface area contributed by atoms with E-state index in [1.165, 1.54) is 6.20 Å². The van der Waals surface area contributed by atoms with Gasteiger partial charge in [-0.2, -0.15) is 0 Å². The van der Waals surface area contributed by atoms with Crippen LogP contribution in [0.25, 0.3) is 0 Å². The van der Waals surface area contributed by atoms with Gasteiger partial charge in [0.1, 0.15) is 0 Å². The van der Waals surface area contributed by atoms with Crippen molar-refractivity contribution in [2.24, 2.45) is 7.05 Å². The van der Waals surface area contributed by atoms with Crippen molar-refractivity contribution < 1.29 is 0 Å². The molecule has 0 saturated heterocycles. The second-order valence-electron chi connectivity index (χ2n) is 2.58.